The van der Waals surface area contributed by atoms with Gasteiger partial charge in [-0.05, 0) is 41.4 Å². The molecule has 2 aliphatic rings. The van der Waals surface area contributed by atoms with Crippen LogP contribution < -0.4 is 16.2 Å². The van der Waals surface area contributed by atoms with Crippen molar-refractivity contribution in [1.29, 1.82) is 0 Å². The van der Waals surface area contributed by atoms with Gasteiger partial charge in [-0.3, -0.25) is 14.9 Å². The van der Waals surface area contributed by atoms with Gasteiger partial charge in [0.2, 0.25) is 5.95 Å². The number of aromatic amines is 2. The molecular formula is C26H26N6O. The zero-order valence-corrected chi connectivity index (χ0v) is 18.3. The van der Waals surface area contributed by atoms with Crippen molar-refractivity contribution >= 4 is 22.6 Å². The second-order valence-electron chi connectivity index (χ2n) is 9.23. The molecule has 3 heterocycles. The maximum Gasteiger partial charge on any atom is 0.264 e. The number of fused-ring (bicyclic) bond motifs is 2. The van der Waals surface area contributed by atoms with Gasteiger partial charge >= 0.3 is 0 Å². The van der Waals surface area contributed by atoms with Crippen LogP contribution in [0.5, 0.6) is 0 Å². The van der Waals surface area contributed by atoms with Crippen LogP contribution in [0, 0.1) is 5.41 Å². The average Bonchev–Trinajstić information content (AvgIpc) is 3.40. The molecular weight excluding hydrogens is 412 g/mol. The minimum absolute atomic E-state index is 0.0586. The molecule has 1 saturated heterocycles. The zero-order valence-electron chi connectivity index (χ0n) is 18.3. The predicted octanol–water partition coefficient (Wildman–Crippen LogP) is 3.55. The first kappa shape index (κ1) is 19.9. The number of benzene rings is 2. The third-order valence-corrected chi connectivity index (χ3v) is 7.49. The molecule has 2 aromatic carbocycles. The Morgan fingerprint density at radius 3 is 2.58 bits per heavy atom. The molecule has 4 N–H and O–H groups in total. The number of H-pyrrole nitrogens is 2. The van der Waals surface area contributed by atoms with E-state index in [0.717, 1.165) is 37.9 Å². The van der Waals surface area contributed by atoms with E-state index in [1.165, 1.54) is 11.1 Å². The molecule has 1 aliphatic carbocycles. The summed E-state index contributed by atoms with van der Waals surface area (Å²) < 4.78 is 0. The summed E-state index contributed by atoms with van der Waals surface area (Å²) in [4.78, 5) is 22.9. The van der Waals surface area contributed by atoms with Crippen LogP contribution in [-0.4, -0.2) is 33.3 Å². The lowest BCUT2D eigenvalue weighted by atomic mass is 9.73. The van der Waals surface area contributed by atoms with Crippen LogP contribution in [0.3, 0.4) is 0 Å². The topological polar surface area (TPSA) is 104 Å². The molecule has 0 unspecified atom stereocenters. The highest BCUT2D eigenvalue weighted by Crippen LogP contribution is 2.50. The molecule has 1 aliphatic heterocycles. The van der Waals surface area contributed by atoms with Crippen LogP contribution in [0.2, 0.25) is 0 Å². The SMILES string of the molecule is C=C(c1ccccc1)c1[nH]nc2nc(N3CCC4(CC3)Cc3ccccc3[C@H]4N)[nH]c(=O)c12. The van der Waals surface area contributed by atoms with Crippen LogP contribution in [0.1, 0.15) is 41.3 Å². The number of hydrogen-bond donors (Lipinski definition) is 3. The highest BCUT2D eigenvalue weighted by molar-refractivity contribution is 5.92. The maximum atomic E-state index is 13.1. The van der Waals surface area contributed by atoms with Crippen molar-refractivity contribution in [2.45, 2.75) is 25.3 Å². The Bertz CT molecular complexity index is 1410. The molecule has 7 heteroatoms. The number of hydrogen-bond acceptors (Lipinski definition) is 5. The Hall–Kier alpha value is -3.71. The Labute approximate surface area is 191 Å². The minimum Gasteiger partial charge on any atom is -0.342 e. The summed E-state index contributed by atoms with van der Waals surface area (Å²) in [6.45, 7) is 5.75. The van der Waals surface area contributed by atoms with E-state index in [2.05, 4.69) is 55.9 Å². The van der Waals surface area contributed by atoms with Gasteiger partial charge in [-0.1, -0.05) is 61.2 Å². The van der Waals surface area contributed by atoms with E-state index >= 15 is 0 Å². The third kappa shape index (κ3) is 3.11. The van der Waals surface area contributed by atoms with E-state index in [0.29, 0.717) is 28.2 Å². The highest BCUT2D eigenvalue weighted by Gasteiger charge is 2.46. The van der Waals surface area contributed by atoms with Gasteiger partial charge < -0.3 is 10.6 Å². The second kappa shape index (κ2) is 7.42. The summed E-state index contributed by atoms with van der Waals surface area (Å²) in [6.07, 6.45) is 2.94. The Morgan fingerprint density at radius 2 is 1.82 bits per heavy atom. The molecule has 0 saturated carbocycles. The fourth-order valence-corrected chi connectivity index (χ4v) is 5.54. The number of rotatable bonds is 3. The molecule has 0 bridgehead atoms. The summed E-state index contributed by atoms with van der Waals surface area (Å²) in [5.74, 6) is 0.565. The van der Waals surface area contributed by atoms with E-state index in [9.17, 15) is 4.79 Å². The molecule has 2 aromatic heterocycles. The van der Waals surface area contributed by atoms with Gasteiger partial charge in [-0.2, -0.15) is 10.1 Å². The van der Waals surface area contributed by atoms with Gasteiger partial charge in [0.15, 0.2) is 5.65 Å². The molecule has 1 fully saturated rings. The zero-order chi connectivity index (χ0) is 22.6. The first-order chi connectivity index (χ1) is 16.1. The normalized spacial score (nSPS) is 19.2. The molecule has 4 aromatic rings. The number of anilines is 1. The highest BCUT2D eigenvalue weighted by atomic mass is 16.1. The van der Waals surface area contributed by atoms with Crippen LogP contribution in [0.15, 0.2) is 66.0 Å². The first-order valence-corrected chi connectivity index (χ1v) is 11.4. The molecule has 7 nitrogen and oxygen atoms in total. The van der Waals surface area contributed by atoms with Gasteiger partial charge in [0.1, 0.15) is 5.39 Å². The lowest BCUT2D eigenvalue weighted by molar-refractivity contribution is 0.187. The first-order valence-electron chi connectivity index (χ1n) is 11.4. The van der Waals surface area contributed by atoms with Crippen molar-refractivity contribution in [2.24, 2.45) is 11.1 Å². The van der Waals surface area contributed by atoms with E-state index in [4.69, 9.17) is 5.73 Å². The maximum absolute atomic E-state index is 13.1. The predicted molar refractivity (Wildman–Crippen MR) is 130 cm³/mol. The molecule has 0 radical (unpaired) electrons. The second-order valence-corrected chi connectivity index (χ2v) is 9.23. The summed E-state index contributed by atoms with van der Waals surface area (Å²) in [7, 11) is 0. The van der Waals surface area contributed by atoms with Crippen molar-refractivity contribution in [3.05, 3.63) is 93.9 Å². The van der Waals surface area contributed by atoms with Crippen LogP contribution in [0.25, 0.3) is 16.6 Å². The lowest BCUT2D eigenvalue weighted by Gasteiger charge is -2.42. The van der Waals surface area contributed by atoms with E-state index in [1.807, 2.05) is 30.3 Å². The number of nitrogens with two attached hydrogens (primary N) is 1. The molecule has 1 spiro atoms. The summed E-state index contributed by atoms with van der Waals surface area (Å²) >= 11 is 0. The minimum atomic E-state index is -0.207. The molecule has 0 amide bonds. The van der Waals surface area contributed by atoms with Crippen molar-refractivity contribution in [2.75, 3.05) is 18.0 Å². The van der Waals surface area contributed by atoms with E-state index in [-0.39, 0.29) is 17.0 Å². The largest absolute Gasteiger partial charge is 0.342 e. The van der Waals surface area contributed by atoms with E-state index < -0.39 is 0 Å². The number of aromatic nitrogens is 4. The van der Waals surface area contributed by atoms with E-state index in [1.54, 1.807) is 0 Å². The van der Waals surface area contributed by atoms with Gasteiger partial charge in [-0.15, -0.1) is 0 Å². The Kier molecular flexibility index (Phi) is 4.48. The summed E-state index contributed by atoms with van der Waals surface area (Å²) in [5.41, 5.74) is 11.9. The standard InChI is InChI=1S/C26H26N6O/c1-16(17-7-3-2-4-8-17)21-20-23(31-30-21)28-25(29-24(20)33)32-13-11-26(12-14-32)15-18-9-5-6-10-19(18)22(26)27/h2-10,22H,1,11-15,27H2,(H2,28,29,30,31,33)/t22-/m1/s1. The van der Waals surface area contributed by atoms with Crippen molar-refractivity contribution < 1.29 is 0 Å². The monoisotopic (exact) mass is 438 g/mol. The molecule has 166 valence electrons. The van der Waals surface area contributed by atoms with Crippen LogP contribution in [0.4, 0.5) is 5.95 Å². The Morgan fingerprint density at radius 1 is 1.09 bits per heavy atom. The van der Waals surface area contributed by atoms with Crippen molar-refractivity contribution in [1.82, 2.24) is 20.2 Å². The molecule has 6 rings (SSSR count). The lowest BCUT2D eigenvalue weighted by Crippen LogP contribution is -2.45. The van der Waals surface area contributed by atoms with Crippen molar-refractivity contribution in [3.63, 3.8) is 0 Å². The number of piperidine rings is 1. The fourth-order valence-electron chi connectivity index (χ4n) is 5.54. The van der Waals surface area contributed by atoms with Crippen LogP contribution in [-0.2, 0) is 6.42 Å². The molecule has 1 atom stereocenters. The molecule has 33 heavy (non-hydrogen) atoms. The third-order valence-electron chi connectivity index (χ3n) is 7.49. The average molecular weight is 439 g/mol. The van der Waals surface area contributed by atoms with Gasteiger partial charge in [-0.25, -0.2) is 0 Å². The smallest absolute Gasteiger partial charge is 0.264 e. The quantitative estimate of drug-likeness (QED) is 0.454. The van der Waals surface area contributed by atoms with Gasteiger partial charge in [0.05, 0.1) is 5.69 Å². The fraction of sp³-hybridized carbons (Fsp3) is 0.269. The Balaban J connectivity index is 1.26. The number of nitrogens with one attached hydrogen (secondary N) is 2. The number of nitrogens with zero attached hydrogens (tertiary/aromatic N) is 3. The van der Waals surface area contributed by atoms with Crippen LogP contribution >= 0.6 is 0 Å². The van der Waals surface area contributed by atoms with Gasteiger partial charge in [0.25, 0.3) is 5.56 Å². The summed E-state index contributed by atoms with van der Waals surface area (Å²) in [6, 6.07) is 18.3. The van der Waals surface area contributed by atoms with Crippen molar-refractivity contribution in [3.8, 4) is 0 Å². The summed E-state index contributed by atoms with van der Waals surface area (Å²) in [5, 5.41) is 7.74. The van der Waals surface area contributed by atoms with Gasteiger partial charge in [0, 0.05) is 24.7 Å².